The van der Waals surface area contributed by atoms with Crippen molar-refractivity contribution in [2.45, 2.75) is 77.0 Å². The van der Waals surface area contributed by atoms with Crippen molar-refractivity contribution < 1.29 is 0 Å². The molecule has 0 unspecified atom stereocenters. The lowest BCUT2D eigenvalue weighted by atomic mass is 9.89. The molecule has 0 saturated heterocycles. The Kier molecular flexibility index (Phi) is 5.41. The van der Waals surface area contributed by atoms with Gasteiger partial charge >= 0.3 is 0 Å². The highest BCUT2D eigenvalue weighted by molar-refractivity contribution is 9.10. The van der Waals surface area contributed by atoms with Gasteiger partial charge in [0.2, 0.25) is 0 Å². The molecule has 1 fully saturated rings. The third-order valence-electron chi connectivity index (χ3n) is 4.12. The number of nitrogens with zero attached hydrogens (tertiary/aromatic N) is 1. The average Bonchev–Trinajstić information content (AvgIpc) is 2.30. The summed E-state index contributed by atoms with van der Waals surface area (Å²) < 4.78 is 1.65. The van der Waals surface area contributed by atoms with Gasteiger partial charge in [-0.3, -0.25) is 0 Å². The maximum atomic E-state index is 5.45. The summed E-state index contributed by atoms with van der Waals surface area (Å²) in [6, 6.07) is 0. The van der Waals surface area contributed by atoms with Crippen LogP contribution in [0.1, 0.15) is 83.2 Å². The molecule has 20 heavy (non-hydrogen) atoms. The van der Waals surface area contributed by atoms with Crippen LogP contribution >= 0.6 is 28.1 Å². The lowest BCUT2D eigenvalue weighted by Crippen LogP contribution is -2.18. The molecule has 1 aromatic rings. The van der Waals surface area contributed by atoms with Gasteiger partial charge in [0.15, 0.2) is 0 Å². The van der Waals surface area contributed by atoms with Gasteiger partial charge in [-0.05, 0) is 28.8 Å². The van der Waals surface area contributed by atoms with E-state index in [1.165, 1.54) is 50.6 Å². The van der Waals surface area contributed by atoms with Crippen molar-refractivity contribution in [3.8, 4) is 0 Å². The van der Waals surface area contributed by atoms with Gasteiger partial charge in [-0.1, -0.05) is 65.1 Å². The molecule has 0 atom stereocenters. The summed E-state index contributed by atoms with van der Waals surface area (Å²) in [4.78, 5) is 8.24. The van der Waals surface area contributed by atoms with Crippen LogP contribution in [0.3, 0.4) is 0 Å². The fourth-order valence-electron chi connectivity index (χ4n) is 2.92. The van der Waals surface area contributed by atoms with Crippen molar-refractivity contribution in [3.63, 3.8) is 0 Å². The van der Waals surface area contributed by atoms with Crippen LogP contribution in [0.4, 0.5) is 0 Å². The van der Waals surface area contributed by atoms with E-state index in [-0.39, 0.29) is 5.41 Å². The number of H-pyrrole nitrogens is 1. The number of halogens is 1. The molecule has 2 rings (SSSR count). The highest BCUT2D eigenvalue weighted by Gasteiger charge is 2.23. The molecule has 0 amide bonds. The van der Waals surface area contributed by atoms with Gasteiger partial charge < -0.3 is 4.98 Å². The van der Waals surface area contributed by atoms with Crippen LogP contribution < -0.4 is 0 Å². The molecule has 1 heterocycles. The molecule has 0 bridgehead atoms. The maximum Gasteiger partial charge on any atom is 0.144 e. The van der Waals surface area contributed by atoms with Gasteiger partial charge in [0.05, 0.1) is 4.47 Å². The first kappa shape index (κ1) is 16.2. The van der Waals surface area contributed by atoms with Gasteiger partial charge in [-0.2, -0.15) is 0 Å². The SMILES string of the molecule is CC(C)(C)c1[nH]c(C2CCCCCCC2)nc(=S)c1Br. The Bertz CT molecular complexity index is 508. The van der Waals surface area contributed by atoms with Gasteiger partial charge in [0.1, 0.15) is 10.5 Å². The van der Waals surface area contributed by atoms with E-state index in [1.54, 1.807) is 0 Å². The van der Waals surface area contributed by atoms with E-state index in [2.05, 4.69) is 46.7 Å². The molecular weight excluding hydrogens is 332 g/mol. The Labute approximate surface area is 135 Å². The zero-order chi connectivity index (χ0) is 14.8. The zero-order valence-corrected chi connectivity index (χ0v) is 15.2. The van der Waals surface area contributed by atoms with Crippen molar-refractivity contribution in [1.29, 1.82) is 0 Å². The van der Waals surface area contributed by atoms with E-state index < -0.39 is 0 Å². The molecule has 2 nitrogen and oxygen atoms in total. The number of nitrogens with one attached hydrogen (secondary N) is 1. The largest absolute Gasteiger partial charge is 0.345 e. The van der Waals surface area contributed by atoms with Crippen molar-refractivity contribution in [2.75, 3.05) is 0 Å². The van der Waals surface area contributed by atoms with Gasteiger partial charge in [0.25, 0.3) is 0 Å². The fourth-order valence-corrected chi connectivity index (χ4v) is 3.90. The second-order valence-corrected chi connectivity index (χ2v) is 8.09. The first-order chi connectivity index (χ1) is 9.39. The maximum absolute atomic E-state index is 5.45. The number of hydrogen-bond acceptors (Lipinski definition) is 2. The first-order valence-corrected chi connectivity index (χ1v) is 8.90. The Morgan fingerprint density at radius 1 is 1.10 bits per heavy atom. The van der Waals surface area contributed by atoms with E-state index in [4.69, 9.17) is 12.2 Å². The summed E-state index contributed by atoms with van der Waals surface area (Å²) >= 11 is 9.05. The first-order valence-electron chi connectivity index (χ1n) is 7.70. The fraction of sp³-hybridized carbons (Fsp3) is 0.750. The second kappa shape index (κ2) is 6.69. The summed E-state index contributed by atoms with van der Waals surface area (Å²) in [7, 11) is 0. The van der Waals surface area contributed by atoms with Crippen molar-refractivity contribution in [2.24, 2.45) is 0 Å². The Hall–Kier alpha value is -0.220. The highest BCUT2D eigenvalue weighted by Crippen LogP contribution is 2.33. The third kappa shape index (κ3) is 3.91. The van der Waals surface area contributed by atoms with Crippen molar-refractivity contribution in [3.05, 3.63) is 20.6 Å². The normalized spacial score (nSPS) is 18.6. The quantitative estimate of drug-likeness (QED) is 0.622. The number of aromatic nitrogens is 2. The van der Waals surface area contributed by atoms with Crippen LogP contribution in [-0.4, -0.2) is 9.97 Å². The van der Waals surface area contributed by atoms with E-state index in [9.17, 15) is 0 Å². The van der Waals surface area contributed by atoms with Gasteiger partial charge in [0, 0.05) is 17.0 Å². The van der Waals surface area contributed by atoms with Crippen LogP contribution in [0, 0.1) is 4.64 Å². The summed E-state index contributed by atoms with van der Waals surface area (Å²) in [6.45, 7) is 6.63. The predicted octanol–water partition coefficient (Wildman–Crippen LogP) is 6.03. The molecule has 1 N–H and O–H groups in total. The molecule has 4 heteroatoms. The topological polar surface area (TPSA) is 28.7 Å². The van der Waals surface area contributed by atoms with Crippen molar-refractivity contribution >= 4 is 28.1 Å². The molecule has 0 aromatic carbocycles. The minimum absolute atomic E-state index is 0.0473. The second-order valence-electron chi connectivity index (χ2n) is 6.91. The van der Waals surface area contributed by atoms with Crippen LogP contribution in [0.15, 0.2) is 4.47 Å². The summed E-state index contributed by atoms with van der Waals surface area (Å²) in [6.07, 6.45) is 9.22. The smallest absolute Gasteiger partial charge is 0.144 e. The summed E-state index contributed by atoms with van der Waals surface area (Å²) in [5.74, 6) is 1.65. The molecule has 0 spiro atoms. The number of aromatic amines is 1. The Morgan fingerprint density at radius 3 is 2.20 bits per heavy atom. The number of rotatable bonds is 1. The van der Waals surface area contributed by atoms with Gasteiger partial charge in [-0.25, -0.2) is 4.98 Å². The average molecular weight is 357 g/mol. The summed E-state index contributed by atoms with van der Waals surface area (Å²) in [5, 5.41) is 0. The highest BCUT2D eigenvalue weighted by atomic mass is 79.9. The van der Waals surface area contributed by atoms with Crippen LogP contribution in [0.2, 0.25) is 0 Å². The molecule has 1 aromatic heterocycles. The third-order valence-corrected chi connectivity index (χ3v) is 5.45. The Balaban J connectivity index is 2.36. The minimum atomic E-state index is 0.0473. The lowest BCUT2D eigenvalue weighted by molar-refractivity contribution is 0.437. The molecular formula is C16H25BrN2S. The van der Waals surface area contributed by atoms with Crippen LogP contribution in [-0.2, 0) is 5.41 Å². The molecule has 0 aliphatic heterocycles. The molecule has 0 radical (unpaired) electrons. The molecule has 1 aliphatic carbocycles. The standard InChI is InChI=1S/C16H25BrN2S/c1-16(2,3)13-12(17)15(20)19-14(18-13)11-9-7-5-4-6-8-10-11/h11H,4-10H2,1-3H3,(H,18,19,20). The van der Waals surface area contributed by atoms with E-state index in [0.717, 1.165) is 10.3 Å². The monoisotopic (exact) mass is 356 g/mol. The predicted molar refractivity (Wildman–Crippen MR) is 90.9 cm³/mol. The summed E-state index contributed by atoms with van der Waals surface area (Å²) in [5.41, 5.74) is 1.22. The Morgan fingerprint density at radius 2 is 1.65 bits per heavy atom. The lowest BCUT2D eigenvalue weighted by Gasteiger charge is -2.24. The van der Waals surface area contributed by atoms with Gasteiger partial charge in [-0.15, -0.1) is 0 Å². The molecule has 1 aliphatic rings. The van der Waals surface area contributed by atoms with Crippen molar-refractivity contribution in [1.82, 2.24) is 9.97 Å². The van der Waals surface area contributed by atoms with Crippen LogP contribution in [0.25, 0.3) is 0 Å². The number of hydrogen-bond donors (Lipinski definition) is 1. The van der Waals surface area contributed by atoms with E-state index in [1.807, 2.05) is 0 Å². The van der Waals surface area contributed by atoms with Crippen LogP contribution in [0.5, 0.6) is 0 Å². The van der Waals surface area contributed by atoms with E-state index >= 15 is 0 Å². The molecule has 112 valence electrons. The minimum Gasteiger partial charge on any atom is -0.345 e. The van der Waals surface area contributed by atoms with E-state index in [0.29, 0.717) is 10.6 Å². The zero-order valence-electron chi connectivity index (χ0n) is 12.8. The molecule has 1 saturated carbocycles.